The van der Waals surface area contributed by atoms with Crippen molar-refractivity contribution in [3.8, 4) is 0 Å². The van der Waals surface area contributed by atoms with Crippen molar-refractivity contribution in [1.82, 2.24) is 20.9 Å². The Morgan fingerprint density at radius 2 is 2.05 bits per heavy atom. The lowest BCUT2D eigenvalue weighted by Crippen LogP contribution is -2.39. The Morgan fingerprint density at radius 1 is 1.32 bits per heavy atom. The van der Waals surface area contributed by atoms with Crippen LogP contribution in [0.5, 0.6) is 0 Å². The first kappa shape index (κ1) is 15.1. The summed E-state index contributed by atoms with van der Waals surface area (Å²) < 4.78 is 0. The first-order valence-electron chi connectivity index (χ1n) is 6.25. The molecule has 0 bridgehead atoms. The lowest BCUT2D eigenvalue weighted by molar-refractivity contribution is -0.124. The van der Waals surface area contributed by atoms with Gasteiger partial charge in [0.25, 0.3) is 5.91 Å². The maximum atomic E-state index is 11.7. The van der Waals surface area contributed by atoms with Crippen LogP contribution in [-0.4, -0.2) is 43.5 Å². The summed E-state index contributed by atoms with van der Waals surface area (Å²) in [7, 11) is 1.80. The molecule has 1 unspecified atom stereocenters. The zero-order valence-corrected chi connectivity index (χ0v) is 11.3. The average Bonchev–Trinajstić information content (AvgIpc) is 2.44. The van der Waals surface area contributed by atoms with Gasteiger partial charge < -0.3 is 16.0 Å². The summed E-state index contributed by atoms with van der Waals surface area (Å²) in [4.78, 5) is 27.1. The molecule has 1 aromatic rings. The minimum absolute atomic E-state index is 0.0232. The number of hydrogen-bond donors (Lipinski definition) is 3. The number of pyridine rings is 1. The Kier molecular flexibility index (Phi) is 6.52. The van der Waals surface area contributed by atoms with E-state index in [2.05, 4.69) is 20.9 Å². The molecule has 6 nitrogen and oxygen atoms in total. The topological polar surface area (TPSA) is 83.1 Å². The molecule has 0 aliphatic heterocycles. The second kappa shape index (κ2) is 8.20. The van der Waals surface area contributed by atoms with Crippen molar-refractivity contribution in [2.45, 2.75) is 6.92 Å². The lowest BCUT2D eigenvalue weighted by atomic mass is 10.1. The van der Waals surface area contributed by atoms with Crippen molar-refractivity contribution in [3.05, 3.63) is 30.1 Å². The zero-order chi connectivity index (χ0) is 14.1. The molecule has 1 aromatic heterocycles. The van der Waals surface area contributed by atoms with Crippen molar-refractivity contribution in [2.75, 3.05) is 26.7 Å². The molecule has 0 saturated heterocycles. The predicted octanol–water partition coefficient (Wildman–Crippen LogP) is -0.217. The fourth-order valence-electron chi connectivity index (χ4n) is 1.53. The molecule has 1 atom stereocenters. The second-order valence-corrected chi connectivity index (χ2v) is 4.25. The van der Waals surface area contributed by atoms with Gasteiger partial charge in [0, 0.05) is 37.9 Å². The molecule has 0 radical (unpaired) electrons. The van der Waals surface area contributed by atoms with E-state index < -0.39 is 0 Å². The molecule has 19 heavy (non-hydrogen) atoms. The molecule has 0 spiro atoms. The fourth-order valence-corrected chi connectivity index (χ4v) is 1.53. The lowest BCUT2D eigenvalue weighted by Gasteiger charge is -2.11. The number of carbonyl (C=O) groups is 2. The number of nitrogens with zero attached hydrogens (tertiary/aromatic N) is 1. The van der Waals surface area contributed by atoms with E-state index in [-0.39, 0.29) is 17.7 Å². The third kappa shape index (κ3) is 5.48. The summed E-state index contributed by atoms with van der Waals surface area (Å²) in [5.41, 5.74) is 0.511. The van der Waals surface area contributed by atoms with Crippen molar-refractivity contribution < 1.29 is 9.59 Å². The third-order valence-corrected chi connectivity index (χ3v) is 2.59. The van der Waals surface area contributed by atoms with Crippen LogP contribution in [0.2, 0.25) is 0 Å². The molecule has 1 rings (SSSR count). The number of nitrogens with one attached hydrogen (secondary N) is 3. The van der Waals surface area contributed by atoms with Gasteiger partial charge in [-0.1, -0.05) is 6.92 Å². The van der Waals surface area contributed by atoms with Crippen molar-refractivity contribution in [2.24, 2.45) is 5.92 Å². The van der Waals surface area contributed by atoms with Gasteiger partial charge in [-0.2, -0.15) is 0 Å². The molecular formula is C13H20N4O2. The smallest absolute Gasteiger partial charge is 0.252 e. The molecule has 0 aliphatic carbocycles. The molecule has 0 fully saturated rings. The Morgan fingerprint density at radius 3 is 2.68 bits per heavy atom. The van der Waals surface area contributed by atoms with E-state index in [0.29, 0.717) is 25.2 Å². The fraction of sp³-hybridized carbons (Fsp3) is 0.462. The number of hydrogen-bond acceptors (Lipinski definition) is 4. The van der Waals surface area contributed by atoms with E-state index in [1.165, 1.54) is 6.20 Å². The first-order valence-corrected chi connectivity index (χ1v) is 6.25. The van der Waals surface area contributed by atoms with Crippen LogP contribution in [0.3, 0.4) is 0 Å². The number of rotatable bonds is 7. The molecule has 3 N–H and O–H groups in total. The minimum atomic E-state index is -0.189. The summed E-state index contributed by atoms with van der Waals surface area (Å²) in [5, 5.41) is 8.42. The third-order valence-electron chi connectivity index (χ3n) is 2.59. The van der Waals surface area contributed by atoms with Gasteiger partial charge in [0.05, 0.1) is 5.56 Å². The first-order chi connectivity index (χ1) is 9.15. The van der Waals surface area contributed by atoms with Crippen LogP contribution in [0, 0.1) is 5.92 Å². The van der Waals surface area contributed by atoms with Crippen LogP contribution in [-0.2, 0) is 4.79 Å². The van der Waals surface area contributed by atoms with Crippen LogP contribution in [0.15, 0.2) is 24.5 Å². The molecule has 0 saturated carbocycles. The standard InChI is InChI=1S/C13H20N4O2/c1-10(8-14-2)12(18)16-6-7-17-13(19)11-4-3-5-15-9-11/h3-5,9-10,14H,6-8H2,1-2H3,(H,16,18)(H,17,19). The van der Waals surface area contributed by atoms with Crippen LogP contribution in [0.1, 0.15) is 17.3 Å². The Bertz CT molecular complexity index is 408. The van der Waals surface area contributed by atoms with Gasteiger partial charge in [-0.3, -0.25) is 14.6 Å². The summed E-state index contributed by atoms with van der Waals surface area (Å²) in [6.45, 7) is 3.29. The maximum absolute atomic E-state index is 11.7. The van der Waals surface area contributed by atoms with Gasteiger partial charge in [0.2, 0.25) is 5.91 Å². The van der Waals surface area contributed by atoms with Gasteiger partial charge in [-0.05, 0) is 19.2 Å². The maximum Gasteiger partial charge on any atom is 0.252 e. The molecule has 0 aliphatic rings. The van der Waals surface area contributed by atoms with Crippen LogP contribution >= 0.6 is 0 Å². The predicted molar refractivity (Wildman–Crippen MR) is 72.7 cm³/mol. The number of aromatic nitrogens is 1. The highest BCUT2D eigenvalue weighted by molar-refractivity contribution is 5.93. The van der Waals surface area contributed by atoms with Gasteiger partial charge >= 0.3 is 0 Å². The SMILES string of the molecule is CNCC(C)C(=O)NCCNC(=O)c1cccnc1. The highest BCUT2D eigenvalue weighted by Crippen LogP contribution is 1.94. The van der Waals surface area contributed by atoms with E-state index >= 15 is 0 Å². The van der Waals surface area contributed by atoms with Crippen molar-refractivity contribution >= 4 is 11.8 Å². The highest BCUT2D eigenvalue weighted by atomic mass is 16.2. The normalized spacial score (nSPS) is 11.7. The van der Waals surface area contributed by atoms with Gasteiger partial charge in [-0.15, -0.1) is 0 Å². The average molecular weight is 264 g/mol. The largest absolute Gasteiger partial charge is 0.354 e. The summed E-state index contributed by atoms with van der Waals surface area (Å²) in [6, 6.07) is 3.39. The van der Waals surface area contributed by atoms with E-state index in [0.717, 1.165) is 0 Å². The van der Waals surface area contributed by atoms with Crippen LogP contribution < -0.4 is 16.0 Å². The zero-order valence-electron chi connectivity index (χ0n) is 11.3. The van der Waals surface area contributed by atoms with E-state index in [9.17, 15) is 9.59 Å². The molecular weight excluding hydrogens is 244 g/mol. The van der Waals surface area contributed by atoms with Crippen LogP contribution in [0.4, 0.5) is 0 Å². The van der Waals surface area contributed by atoms with E-state index in [1.54, 1.807) is 25.4 Å². The Labute approximate surface area is 113 Å². The van der Waals surface area contributed by atoms with E-state index in [1.807, 2.05) is 6.92 Å². The molecule has 1 heterocycles. The van der Waals surface area contributed by atoms with Gasteiger partial charge in [-0.25, -0.2) is 0 Å². The van der Waals surface area contributed by atoms with E-state index in [4.69, 9.17) is 0 Å². The van der Waals surface area contributed by atoms with Gasteiger partial charge in [0.15, 0.2) is 0 Å². The van der Waals surface area contributed by atoms with Crippen molar-refractivity contribution in [3.63, 3.8) is 0 Å². The molecule has 2 amide bonds. The van der Waals surface area contributed by atoms with Crippen molar-refractivity contribution in [1.29, 1.82) is 0 Å². The summed E-state index contributed by atoms with van der Waals surface area (Å²) in [6.07, 6.45) is 3.11. The molecule has 104 valence electrons. The summed E-state index contributed by atoms with van der Waals surface area (Å²) in [5.74, 6) is -0.297. The quantitative estimate of drug-likeness (QED) is 0.595. The monoisotopic (exact) mass is 264 g/mol. The molecule has 0 aromatic carbocycles. The summed E-state index contributed by atoms with van der Waals surface area (Å²) >= 11 is 0. The van der Waals surface area contributed by atoms with Crippen LogP contribution in [0.25, 0.3) is 0 Å². The Balaban J connectivity index is 2.21. The highest BCUT2D eigenvalue weighted by Gasteiger charge is 2.10. The second-order valence-electron chi connectivity index (χ2n) is 4.25. The van der Waals surface area contributed by atoms with Gasteiger partial charge in [0.1, 0.15) is 0 Å². The molecule has 6 heteroatoms. The number of carbonyl (C=O) groups excluding carboxylic acids is 2. The minimum Gasteiger partial charge on any atom is -0.354 e. The Hall–Kier alpha value is -1.95. The number of amides is 2.